The molecule has 0 fully saturated rings. The Bertz CT molecular complexity index is 1790. The molecule has 252 valence electrons. The molecule has 0 bridgehead atoms. The van der Waals surface area contributed by atoms with Gasteiger partial charge in [-0.2, -0.15) is 5.10 Å². The van der Waals surface area contributed by atoms with Crippen molar-refractivity contribution in [2.75, 3.05) is 34.7 Å². The monoisotopic (exact) mass is 656 g/mol. The molecule has 11 nitrogen and oxygen atoms in total. The molecule has 0 radical (unpaired) electrons. The number of benzene rings is 3. The van der Waals surface area contributed by atoms with E-state index < -0.39 is 11.9 Å². The summed E-state index contributed by atoms with van der Waals surface area (Å²) in [5, 5.41) is 4.96. The first-order chi connectivity index (χ1) is 23.4. The van der Waals surface area contributed by atoms with E-state index in [1.807, 2.05) is 41.2 Å². The van der Waals surface area contributed by atoms with Crippen LogP contribution in [0.2, 0.25) is 0 Å². The number of carbonyl (C=O) groups excluding carboxylic acids is 2. The summed E-state index contributed by atoms with van der Waals surface area (Å²) >= 11 is 0. The summed E-state index contributed by atoms with van der Waals surface area (Å²) < 4.78 is 41.0. The topological polar surface area (TPSA) is 117 Å². The number of hydrogen-bond donors (Lipinski definition) is 0. The molecule has 0 aliphatic carbocycles. The number of fused-ring (bicyclic) bond motifs is 1. The standard InChI is InChI=1S/C37H40N2O9/c1-6-8-15-39-21-27(17-26(36(40)45-7-2)16-25-18-33-34(48-23-47-33)20-31(25)43-4)35(38-39)30-14-13-28(42-3)19-32(30)46-22-24-11-9-10-12-29(24)37(41)44-5/h9-14,17-21H,6-8,15-16,22-23H2,1-5H3. The van der Waals surface area contributed by atoms with Gasteiger partial charge in [0.25, 0.3) is 0 Å². The Balaban J connectivity index is 1.59. The lowest BCUT2D eigenvalue weighted by Crippen LogP contribution is -2.10. The second-order valence-electron chi connectivity index (χ2n) is 10.9. The number of carbonyl (C=O) groups is 2. The maximum absolute atomic E-state index is 13.4. The summed E-state index contributed by atoms with van der Waals surface area (Å²) in [6, 6.07) is 16.2. The first kappa shape index (κ1) is 33.9. The molecule has 0 unspecified atom stereocenters. The molecule has 0 N–H and O–H groups in total. The van der Waals surface area contributed by atoms with Gasteiger partial charge in [-0.3, -0.25) is 4.68 Å². The molecule has 0 saturated heterocycles. The van der Waals surface area contributed by atoms with Crippen molar-refractivity contribution in [1.82, 2.24) is 9.78 Å². The first-order valence-corrected chi connectivity index (χ1v) is 15.8. The lowest BCUT2D eigenvalue weighted by Gasteiger charge is -2.15. The van der Waals surface area contributed by atoms with Crippen molar-refractivity contribution in [3.63, 3.8) is 0 Å². The van der Waals surface area contributed by atoms with E-state index in [0.29, 0.717) is 68.8 Å². The largest absolute Gasteiger partial charge is 0.497 e. The molecule has 1 aromatic heterocycles. The highest BCUT2D eigenvalue weighted by Gasteiger charge is 2.23. The van der Waals surface area contributed by atoms with Crippen molar-refractivity contribution < 1.29 is 42.7 Å². The van der Waals surface area contributed by atoms with E-state index in [1.54, 1.807) is 51.5 Å². The molecule has 0 amide bonds. The van der Waals surface area contributed by atoms with Gasteiger partial charge < -0.3 is 33.2 Å². The van der Waals surface area contributed by atoms with E-state index in [9.17, 15) is 9.59 Å². The van der Waals surface area contributed by atoms with Gasteiger partial charge >= 0.3 is 11.9 Å². The highest BCUT2D eigenvalue weighted by Crippen LogP contribution is 2.40. The molecule has 11 heteroatoms. The number of esters is 2. The highest BCUT2D eigenvalue weighted by molar-refractivity contribution is 5.96. The van der Waals surface area contributed by atoms with Crippen LogP contribution in [-0.2, 0) is 33.8 Å². The Morgan fingerprint density at radius 3 is 2.46 bits per heavy atom. The minimum absolute atomic E-state index is 0.0884. The zero-order valence-corrected chi connectivity index (χ0v) is 27.9. The maximum Gasteiger partial charge on any atom is 0.338 e. The first-order valence-electron chi connectivity index (χ1n) is 15.8. The van der Waals surface area contributed by atoms with E-state index >= 15 is 0 Å². The molecule has 1 aliphatic rings. The molecule has 5 rings (SSSR count). The molecule has 3 aromatic carbocycles. The molecular weight excluding hydrogens is 616 g/mol. The molecule has 48 heavy (non-hydrogen) atoms. The average molecular weight is 657 g/mol. The smallest absolute Gasteiger partial charge is 0.338 e. The Morgan fingerprint density at radius 1 is 0.938 bits per heavy atom. The summed E-state index contributed by atoms with van der Waals surface area (Å²) in [4.78, 5) is 25.9. The number of ether oxygens (including phenoxy) is 7. The Kier molecular flexibility index (Phi) is 11.2. The summed E-state index contributed by atoms with van der Waals surface area (Å²) in [6.45, 7) is 4.98. The number of nitrogens with zero attached hydrogens (tertiary/aromatic N) is 2. The van der Waals surface area contributed by atoms with Crippen LogP contribution < -0.4 is 23.7 Å². The predicted molar refractivity (Wildman–Crippen MR) is 179 cm³/mol. The number of rotatable bonds is 15. The lowest BCUT2D eigenvalue weighted by atomic mass is 9.99. The second kappa shape index (κ2) is 15.9. The van der Waals surface area contributed by atoms with E-state index in [0.717, 1.165) is 18.4 Å². The van der Waals surface area contributed by atoms with Gasteiger partial charge in [-0.15, -0.1) is 0 Å². The van der Waals surface area contributed by atoms with Gasteiger partial charge in [0.15, 0.2) is 11.5 Å². The number of methoxy groups -OCH3 is 3. The van der Waals surface area contributed by atoms with Gasteiger partial charge in [-0.25, -0.2) is 9.59 Å². The van der Waals surface area contributed by atoms with Crippen molar-refractivity contribution in [3.8, 4) is 40.0 Å². The Labute approximate surface area is 279 Å². The normalized spacial score (nSPS) is 12.1. The lowest BCUT2D eigenvalue weighted by molar-refractivity contribution is -0.138. The van der Waals surface area contributed by atoms with Crippen LogP contribution in [0.5, 0.6) is 28.7 Å². The van der Waals surface area contributed by atoms with Crippen LogP contribution in [0.1, 0.15) is 53.7 Å². The Hall–Kier alpha value is -5.45. The third-order valence-corrected chi connectivity index (χ3v) is 7.80. The third kappa shape index (κ3) is 7.74. The molecule has 1 aliphatic heterocycles. The highest BCUT2D eigenvalue weighted by atomic mass is 16.7. The van der Waals surface area contributed by atoms with Crippen LogP contribution in [0.15, 0.2) is 66.4 Å². The minimum atomic E-state index is -0.463. The molecule has 0 atom stereocenters. The van der Waals surface area contributed by atoms with E-state index in [-0.39, 0.29) is 26.4 Å². The SMILES string of the molecule is CCCCn1cc(C=C(Cc2cc3c(cc2OC)OCO3)C(=O)OCC)c(-c2ccc(OC)cc2OCc2ccccc2C(=O)OC)n1. The van der Waals surface area contributed by atoms with E-state index in [2.05, 4.69) is 6.92 Å². The van der Waals surface area contributed by atoms with Crippen LogP contribution in [0.3, 0.4) is 0 Å². The summed E-state index contributed by atoms with van der Waals surface area (Å²) in [7, 11) is 4.49. The fourth-order valence-electron chi connectivity index (χ4n) is 5.33. The van der Waals surface area contributed by atoms with Crippen molar-refractivity contribution >= 4 is 18.0 Å². The average Bonchev–Trinajstić information content (AvgIpc) is 3.75. The quantitative estimate of drug-likeness (QED) is 0.102. The van der Waals surface area contributed by atoms with Gasteiger partial charge in [-0.1, -0.05) is 31.5 Å². The Morgan fingerprint density at radius 2 is 1.73 bits per heavy atom. The van der Waals surface area contributed by atoms with E-state index in [4.69, 9.17) is 38.3 Å². The summed E-state index contributed by atoms with van der Waals surface area (Å²) in [6.07, 6.45) is 5.82. The van der Waals surface area contributed by atoms with Crippen LogP contribution in [0.4, 0.5) is 0 Å². The van der Waals surface area contributed by atoms with Gasteiger partial charge in [-0.05, 0) is 43.7 Å². The number of unbranched alkanes of at least 4 members (excludes halogenated alkanes) is 1. The minimum Gasteiger partial charge on any atom is -0.497 e. The van der Waals surface area contributed by atoms with Gasteiger partial charge in [0.05, 0.1) is 33.5 Å². The third-order valence-electron chi connectivity index (χ3n) is 7.80. The zero-order chi connectivity index (χ0) is 34.0. The van der Waals surface area contributed by atoms with Crippen LogP contribution in [0, 0.1) is 0 Å². The van der Waals surface area contributed by atoms with E-state index in [1.165, 1.54) is 7.11 Å². The van der Waals surface area contributed by atoms with Crippen molar-refractivity contribution in [2.24, 2.45) is 0 Å². The summed E-state index contributed by atoms with van der Waals surface area (Å²) in [5.74, 6) is 1.88. The number of aryl methyl sites for hydroxylation is 1. The molecule has 0 saturated carbocycles. The maximum atomic E-state index is 13.4. The molecule has 4 aromatic rings. The molecule has 2 heterocycles. The summed E-state index contributed by atoms with van der Waals surface area (Å²) in [5.41, 5.74) is 4.18. The van der Waals surface area contributed by atoms with Crippen LogP contribution >= 0.6 is 0 Å². The second-order valence-corrected chi connectivity index (χ2v) is 10.9. The number of aromatic nitrogens is 2. The molecule has 0 spiro atoms. The van der Waals surface area contributed by atoms with Gasteiger partial charge in [0.2, 0.25) is 6.79 Å². The van der Waals surface area contributed by atoms with Crippen LogP contribution in [0.25, 0.3) is 17.3 Å². The van der Waals surface area contributed by atoms with Crippen molar-refractivity contribution in [1.29, 1.82) is 0 Å². The van der Waals surface area contributed by atoms with Gasteiger partial charge in [0.1, 0.15) is 29.5 Å². The van der Waals surface area contributed by atoms with Crippen molar-refractivity contribution in [2.45, 2.75) is 46.3 Å². The molecular formula is C37H40N2O9. The van der Waals surface area contributed by atoms with Crippen molar-refractivity contribution in [3.05, 3.63) is 88.6 Å². The fraction of sp³-hybridized carbons (Fsp3) is 0.324. The predicted octanol–water partition coefficient (Wildman–Crippen LogP) is 6.65. The van der Waals surface area contributed by atoms with Crippen LogP contribution in [-0.4, -0.2) is 56.4 Å². The van der Waals surface area contributed by atoms with Gasteiger partial charge in [0, 0.05) is 59.1 Å². The fourth-order valence-corrected chi connectivity index (χ4v) is 5.33. The number of hydrogen-bond acceptors (Lipinski definition) is 10. The zero-order valence-electron chi connectivity index (χ0n) is 27.9.